The Labute approximate surface area is 173 Å². The molecule has 0 aromatic carbocycles. The Morgan fingerprint density at radius 3 is 2.69 bits per heavy atom. The fraction of sp³-hybridized carbons (Fsp3) is 0.611. The van der Waals surface area contributed by atoms with Gasteiger partial charge in [0.1, 0.15) is 5.82 Å². The number of hydrogen-bond acceptors (Lipinski definition) is 4. The number of aliphatic imine (C=N–C) groups is 1. The molecular weight excluding hydrogens is 445 g/mol. The molecule has 2 heterocycles. The SMILES string of the molecule is CCOC1CCN(C(=NC)NCCC(=O)Nc2ccc(C)cn2)CC1.I. The number of likely N-dealkylation sites (tertiary alicyclic amines) is 1. The van der Waals surface area contributed by atoms with E-state index < -0.39 is 0 Å². The highest BCUT2D eigenvalue weighted by atomic mass is 127. The number of amides is 1. The van der Waals surface area contributed by atoms with Crippen molar-refractivity contribution in [3.63, 3.8) is 0 Å². The van der Waals surface area contributed by atoms with Gasteiger partial charge in [0.25, 0.3) is 0 Å². The summed E-state index contributed by atoms with van der Waals surface area (Å²) in [6, 6.07) is 3.73. The number of pyridine rings is 1. The molecule has 1 aliphatic rings. The van der Waals surface area contributed by atoms with E-state index in [9.17, 15) is 4.79 Å². The Balaban J connectivity index is 0.00000338. The van der Waals surface area contributed by atoms with Crippen molar-refractivity contribution in [3.05, 3.63) is 23.9 Å². The molecule has 0 spiro atoms. The molecular formula is C18H30IN5O2. The first-order valence-corrected chi connectivity index (χ1v) is 8.92. The van der Waals surface area contributed by atoms with E-state index in [0.717, 1.165) is 44.1 Å². The minimum Gasteiger partial charge on any atom is -0.378 e. The highest BCUT2D eigenvalue weighted by molar-refractivity contribution is 14.0. The van der Waals surface area contributed by atoms with E-state index in [-0.39, 0.29) is 29.9 Å². The number of ether oxygens (including phenoxy) is 1. The lowest BCUT2D eigenvalue weighted by molar-refractivity contribution is -0.116. The number of halogens is 1. The number of nitrogens with zero attached hydrogens (tertiary/aromatic N) is 3. The van der Waals surface area contributed by atoms with E-state index in [2.05, 4.69) is 25.5 Å². The summed E-state index contributed by atoms with van der Waals surface area (Å²) in [6.45, 7) is 7.14. The van der Waals surface area contributed by atoms with Gasteiger partial charge in [-0.2, -0.15) is 0 Å². The molecule has 1 amide bonds. The summed E-state index contributed by atoms with van der Waals surface area (Å²) in [6.07, 6.45) is 4.47. The van der Waals surface area contributed by atoms with Gasteiger partial charge in [-0.3, -0.25) is 9.79 Å². The second-order valence-electron chi connectivity index (χ2n) is 6.13. The maximum Gasteiger partial charge on any atom is 0.227 e. The molecule has 1 aliphatic heterocycles. The molecule has 1 aromatic rings. The van der Waals surface area contributed by atoms with Gasteiger partial charge < -0.3 is 20.3 Å². The summed E-state index contributed by atoms with van der Waals surface area (Å²) in [5.41, 5.74) is 1.07. The molecule has 0 atom stereocenters. The maximum absolute atomic E-state index is 12.0. The number of carbonyl (C=O) groups excluding carboxylic acids is 1. The average molecular weight is 475 g/mol. The first-order valence-electron chi connectivity index (χ1n) is 8.92. The average Bonchev–Trinajstić information content (AvgIpc) is 2.62. The fourth-order valence-electron chi connectivity index (χ4n) is 2.84. The smallest absolute Gasteiger partial charge is 0.227 e. The molecule has 0 unspecified atom stereocenters. The maximum atomic E-state index is 12.0. The Hall–Kier alpha value is -1.42. The Bertz CT molecular complexity index is 571. The number of hydrogen-bond donors (Lipinski definition) is 2. The van der Waals surface area contributed by atoms with Crippen molar-refractivity contribution in [2.24, 2.45) is 4.99 Å². The zero-order chi connectivity index (χ0) is 18.1. The van der Waals surface area contributed by atoms with Gasteiger partial charge in [-0.1, -0.05) is 6.07 Å². The van der Waals surface area contributed by atoms with Crippen LogP contribution in [0.3, 0.4) is 0 Å². The summed E-state index contributed by atoms with van der Waals surface area (Å²) in [5.74, 6) is 1.36. The van der Waals surface area contributed by atoms with Gasteiger partial charge in [0.2, 0.25) is 5.91 Å². The molecule has 0 radical (unpaired) electrons. The normalized spacial score (nSPS) is 15.3. The van der Waals surface area contributed by atoms with Crippen molar-refractivity contribution in [2.75, 3.05) is 38.6 Å². The van der Waals surface area contributed by atoms with Gasteiger partial charge in [0, 0.05) is 45.9 Å². The molecule has 1 aromatic heterocycles. The van der Waals surface area contributed by atoms with Crippen molar-refractivity contribution in [1.82, 2.24) is 15.2 Å². The third-order valence-electron chi connectivity index (χ3n) is 4.17. The Morgan fingerprint density at radius 1 is 1.38 bits per heavy atom. The van der Waals surface area contributed by atoms with Crippen LogP contribution >= 0.6 is 24.0 Å². The quantitative estimate of drug-likeness (QED) is 0.376. The highest BCUT2D eigenvalue weighted by Gasteiger charge is 2.21. The predicted molar refractivity (Wildman–Crippen MR) is 115 cm³/mol. The standard InChI is InChI=1S/C18H29N5O2.HI/c1-4-25-15-8-11-23(12-9-15)18(19-3)20-10-7-17(24)22-16-6-5-14(2)13-21-16;/h5-6,13,15H,4,7-12H2,1-3H3,(H,19,20)(H,21,22,24);1H. The second kappa shape index (κ2) is 12.1. The molecule has 26 heavy (non-hydrogen) atoms. The van der Waals surface area contributed by atoms with Crippen molar-refractivity contribution >= 4 is 41.7 Å². The number of guanidine groups is 1. The van der Waals surface area contributed by atoms with E-state index in [1.165, 1.54) is 0 Å². The Morgan fingerprint density at radius 2 is 2.12 bits per heavy atom. The van der Waals surface area contributed by atoms with Crippen molar-refractivity contribution in [3.8, 4) is 0 Å². The largest absolute Gasteiger partial charge is 0.378 e. The van der Waals surface area contributed by atoms with Crippen LogP contribution in [0.25, 0.3) is 0 Å². The number of rotatable bonds is 6. The summed E-state index contributed by atoms with van der Waals surface area (Å²) >= 11 is 0. The van der Waals surface area contributed by atoms with E-state index in [4.69, 9.17) is 4.74 Å². The molecule has 8 heteroatoms. The minimum absolute atomic E-state index is 0. The number of aryl methyl sites for hydroxylation is 1. The monoisotopic (exact) mass is 475 g/mol. The number of aromatic nitrogens is 1. The van der Waals surface area contributed by atoms with Gasteiger partial charge >= 0.3 is 0 Å². The molecule has 146 valence electrons. The first-order chi connectivity index (χ1) is 12.1. The number of carbonyl (C=O) groups is 1. The van der Waals surface area contributed by atoms with Crippen molar-refractivity contribution < 1.29 is 9.53 Å². The first kappa shape index (κ1) is 22.6. The van der Waals surface area contributed by atoms with Gasteiger partial charge in [0.15, 0.2) is 5.96 Å². The van der Waals surface area contributed by atoms with E-state index in [1.807, 2.05) is 26.0 Å². The van der Waals surface area contributed by atoms with Gasteiger partial charge in [-0.05, 0) is 38.3 Å². The van der Waals surface area contributed by atoms with Crippen LogP contribution < -0.4 is 10.6 Å². The van der Waals surface area contributed by atoms with Crippen LogP contribution in [0.5, 0.6) is 0 Å². The Kier molecular flexibility index (Phi) is 10.5. The molecule has 1 fully saturated rings. The van der Waals surface area contributed by atoms with Crippen LogP contribution in [0.2, 0.25) is 0 Å². The molecule has 0 aliphatic carbocycles. The van der Waals surface area contributed by atoms with E-state index in [1.54, 1.807) is 13.2 Å². The van der Waals surface area contributed by atoms with Gasteiger partial charge in [-0.25, -0.2) is 4.98 Å². The van der Waals surface area contributed by atoms with E-state index >= 15 is 0 Å². The predicted octanol–water partition coefficient (Wildman–Crippen LogP) is 2.41. The summed E-state index contributed by atoms with van der Waals surface area (Å²) in [5, 5.41) is 6.07. The number of anilines is 1. The van der Waals surface area contributed by atoms with Gasteiger partial charge in [0.05, 0.1) is 6.10 Å². The van der Waals surface area contributed by atoms with Crippen molar-refractivity contribution in [1.29, 1.82) is 0 Å². The van der Waals surface area contributed by atoms with Crippen LogP contribution in [0.15, 0.2) is 23.3 Å². The van der Waals surface area contributed by atoms with Gasteiger partial charge in [-0.15, -0.1) is 24.0 Å². The molecule has 0 bridgehead atoms. The molecule has 7 nitrogen and oxygen atoms in total. The fourth-order valence-corrected chi connectivity index (χ4v) is 2.84. The lowest BCUT2D eigenvalue weighted by atomic mass is 10.1. The molecule has 2 rings (SSSR count). The lowest BCUT2D eigenvalue weighted by Crippen LogP contribution is -2.47. The van der Waals surface area contributed by atoms with Crippen LogP contribution in [-0.4, -0.2) is 61.1 Å². The topological polar surface area (TPSA) is 78.8 Å². The zero-order valence-corrected chi connectivity index (χ0v) is 18.2. The molecule has 2 N–H and O–H groups in total. The van der Waals surface area contributed by atoms with Crippen LogP contribution in [0.4, 0.5) is 5.82 Å². The van der Waals surface area contributed by atoms with Crippen molar-refractivity contribution in [2.45, 2.75) is 39.2 Å². The summed E-state index contributed by atoms with van der Waals surface area (Å²) in [7, 11) is 1.77. The number of nitrogens with one attached hydrogen (secondary N) is 2. The molecule has 0 saturated carbocycles. The second-order valence-corrected chi connectivity index (χ2v) is 6.13. The van der Waals surface area contributed by atoms with Crippen LogP contribution in [-0.2, 0) is 9.53 Å². The third kappa shape index (κ3) is 7.45. The third-order valence-corrected chi connectivity index (χ3v) is 4.17. The van der Waals surface area contributed by atoms with Crippen LogP contribution in [0, 0.1) is 6.92 Å². The van der Waals surface area contributed by atoms with E-state index in [0.29, 0.717) is 24.9 Å². The lowest BCUT2D eigenvalue weighted by Gasteiger charge is -2.34. The zero-order valence-electron chi connectivity index (χ0n) is 15.8. The van der Waals surface area contributed by atoms with Crippen LogP contribution in [0.1, 0.15) is 31.7 Å². The highest BCUT2D eigenvalue weighted by Crippen LogP contribution is 2.13. The minimum atomic E-state index is -0.0608. The molecule has 1 saturated heterocycles. The number of piperidine rings is 1. The summed E-state index contributed by atoms with van der Waals surface area (Å²) in [4.78, 5) is 22.7. The summed E-state index contributed by atoms with van der Waals surface area (Å²) < 4.78 is 5.68.